The van der Waals surface area contributed by atoms with Gasteiger partial charge in [-0.3, -0.25) is 4.79 Å². The van der Waals surface area contributed by atoms with Gasteiger partial charge in [-0.15, -0.1) is 0 Å². The van der Waals surface area contributed by atoms with Crippen LogP contribution >= 0.6 is 0 Å². The molecule has 28 heavy (non-hydrogen) atoms. The second-order valence-corrected chi connectivity index (χ2v) is 9.45. The van der Waals surface area contributed by atoms with Gasteiger partial charge in [-0.2, -0.15) is 0 Å². The smallest absolute Gasteiger partial charge is 0.306 e. The molecule has 0 fully saturated rings. The van der Waals surface area contributed by atoms with E-state index in [0.717, 1.165) is 38.0 Å². The van der Waals surface area contributed by atoms with E-state index in [2.05, 4.69) is 20.8 Å². The van der Waals surface area contributed by atoms with Crippen molar-refractivity contribution in [2.75, 3.05) is 0 Å². The third kappa shape index (κ3) is 20.2. The molecule has 0 spiro atoms. The van der Waals surface area contributed by atoms with Crippen LogP contribution in [0.3, 0.4) is 0 Å². The number of carboxylic acids is 1. The van der Waals surface area contributed by atoms with E-state index in [1.54, 1.807) is 0 Å². The van der Waals surface area contributed by atoms with Gasteiger partial charge < -0.3 is 5.11 Å². The Balaban J connectivity index is 3.22. The maximum absolute atomic E-state index is 11.2. The standard InChI is InChI=1S/C26H52O2/c1-4-5-22-25(26(27)28)23-20-18-16-14-12-10-8-6-7-9-11-13-15-17-19-21-24(2)3/h24-25H,4-23H2,1-3H3,(H,27,28). The molecule has 0 saturated heterocycles. The van der Waals surface area contributed by atoms with Gasteiger partial charge in [-0.25, -0.2) is 0 Å². The summed E-state index contributed by atoms with van der Waals surface area (Å²) in [7, 11) is 0. The van der Waals surface area contributed by atoms with Gasteiger partial charge in [0.05, 0.1) is 5.92 Å². The van der Waals surface area contributed by atoms with Crippen LogP contribution in [0.2, 0.25) is 0 Å². The van der Waals surface area contributed by atoms with Gasteiger partial charge in [0.25, 0.3) is 0 Å². The van der Waals surface area contributed by atoms with E-state index in [1.165, 1.54) is 96.3 Å². The minimum atomic E-state index is -0.584. The average molecular weight is 397 g/mol. The second-order valence-electron chi connectivity index (χ2n) is 9.45. The number of unbranched alkanes of at least 4 members (excludes halogenated alkanes) is 15. The molecule has 1 unspecified atom stereocenters. The van der Waals surface area contributed by atoms with Crippen LogP contribution in [-0.4, -0.2) is 11.1 Å². The molecule has 0 amide bonds. The molecule has 1 N–H and O–H groups in total. The summed E-state index contributed by atoms with van der Waals surface area (Å²) in [6.45, 7) is 6.78. The van der Waals surface area contributed by atoms with E-state index < -0.39 is 5.97 Å². The fourth-order valence-electron chi connectivity index (χ4n) is 4.08. The summed E-state index contributed by atoms with van der Waals surface area (Å²) in [5, 5.41) is 9.24. The van der Waals surface area contributed by atoms with E-state index in [1.807, 2.05) is 0 Å². The molecule has 0 radical (unpaired) electrons. The van der Waals surface area contributed by atoms with Crippen molar-refractivity contribution >= 4 is 5.97 Å². The highest BCUT2D eigenvalue weighted by molar-refractivity contribution is 5.69. The summed E-state index contributed by atoms with van der Waals surface area (Å²) in [6.07, 6.45) is 25.9. The highest BCUT2D eigenvalue weighted by Gasteiger charge is 2.15. The van der Waals surface area contributed by atoms with Gasteiger partial charge in [0.2, 0.25) is 0 Å². The topological polar surface area (TPSA) is 37.3 Å². The van der Waals surface area contributed by atoms with Gasteiger partial charge in [0.15, 0.2) is 0 Å². The Labute approximate surface area is 177 Å². The van der Waals surface area contributed by atoms with Gasteiger partial charge in [-0.1, -0.05) is 136 Å². The predicted molar refractivity (Wildman–Crippen MR) is 124 cm³/mol. The average Bonchev–Trinajstić information content (AvgIpc) is 2.66. The van der Waals surface area contributed by atoms with Crippen molar-refractivity contribution in [1.29, 1.82) is 0 Å². The maximum atomic E-state index is 11.2. The number of carbonyl (C=O) groups is 1. The molecule has 0 heterocycles. The summed E-state index contributed by atoms with van der Waals surface area (Å²) in [5.41, 5.74) is 0. The minimum absolute atomic E-state index is 0.0972. The molecular formula is C26H52O2. The van der Waals surface area contributed by atoms with Crippen molar-refractivity contribution in [3.63, 3.8) is 0 Å². The SMILES string of the molecule is CCCCC(CCCCCCCCCCCCCCCCCC(C)C)C(=O)O. The normalized spacial score (nSPS) is 12.6. The molecule has 2 nitrogen and oxygen atoms in total. The van der Waals surface area contributed by atoms with E-state index in [-0.39, 0.29) is 5.92 Å². The first-order valence-electron chi connectivity index (χ1n) is 12.8. The molecule has 0 aliphatic heterocycles. The zero-order chi connectivity index (χ0) is 20.9. The van der Waals surface area contributed by atoms with E-state index in [4.69, 9.17) is 0 Å². The van der Waals surface area contributed by atoms with Gasteiger partial charge in [-0.05, 0) is 18.8 Å². The van der Waals surface area contributed by atoms with E-state index in [9.17, 15) is 9.90 Å². The van der Waals surface area contributed by atoms with Crippen LogP contribution in [0.1, 0.15) is 149 Å². The Morgan fingerprint density at radius 1 is 0.571 bits per heavy atom. The van der Waals surface area contributed by atoms with Crippen LogP contribution in [0.25, 0.3) is 0 Å². The first-order valence-corrected chi connectivity index (χ1v) is 12.8. The Bertz CT molecular complexity index is 324. The molecule has 0 aromatic heterocycles. The lowest BCUT2D eigenvalue weighted by Gasteiger charge is -2.11. The largest absolute Gasteiger partial charge is 0.481 e. The summed E-state index contributed by atoms with van der Waals surface area (Å²) >= 11 is 0. The van der Waals surface area contributed by atoms with Crippen molar-refractivity contribution in [3.05, 3.63) is 0 Å². The molecule has 0 rings (SSSR count). The lowest BCUT2D eigenvalue weighted by molar-refractivity contribution is -0.142. The monoisotopic (exact) mass is 396 g/mol. The number of aliphatic carboxylic acids is 1. The van der Waals surface area contributed by atoms with Crippen molar-refractivity contribution in [3.8, 4) is 0 Å². The zero-order valence-electron chi connectivity index (χ0n) is 19.7. The van der Waals surface area contributed by atoms with Crippen molar-refractivity contribution < 1.29 is 9.90 Å². The van der Waals surface area contributed by atoms with Crippen LogP contribution < -0.4 is 0 Å². The van der Waals surface area contributed by atoms with E-state index >= 15 is 0 Å². The number of rotatable bonds is 22. The second kappa shape index (κ2) is 21.2. The molecule has 1 atom stereocenters. The Hall–Kier alpha value is -0.530. The molecule has 0 bridgehead atoms. The van der Waals surface area contributed by atoms with Crippen molar-refractivity contribution in [2.24, 2.45) is 11.8 Å². The van der Waals surface area contributed by atoms with Crippen LogP contribution in [0, 0.1) is 11.8 Å². The number of carboxylic acid groups (broad SMARTS) is 1. The fraction of sp³-hybridized carbons (Fsp3) is 0.962. The molecule has 168 valence electrons. The molecular weight excluding hydrogens is 344 g/mol. The van der Waals surface area contributed by atoms with Gasteiger partial charge >= 0.3 is 5.97 Å². The first-order chi connectivity index (χ1) is 13.6. The van der Waals surface area contributed by atoms with Crippen LogP contribution in [0.4, 0.5) is 0 Å². The molecule has 0 aromatic carbocycles. The maximum Gasteiger partial charge on any atom is 0.306 e. The Kier molecular flexibility index (Phi) is 20.8. The van der Waals surface area contributed by atoms with Crippen LogP contribution in [-0.2, 0) is 4.79 Å². The molecule has 0 aromatic rings. The fourth-order valence-corrected chi connectivity index (χ4v) is 4.08. The lowest BCUT2D eigenvalue weighted by Crippen LogP contribution is -2.13. The van der Waals surface area contributed by atoms with Crippen LogP contribution in [0.15, 0.2) is 0 Å². The first kappa shape index (κ1) is 27.5. The third-order valence-corrected chi connectivity index (χ3v) is 6.09. The van der Waals surface area contributed by atoms with E-state index in [0.29, 0.717) is 0 Å². The number of hydrogen-bond acceptors (Lipinski definition) is 1. The molecule has 0 aliphatic carbocycles. The minimum Gasteiger partial charge on any atom is -0.481 e. The van der Waals surface area contributed by atoms with Crippen molar-refractivity contribution in [2.45, 2.75) is 149 Å². The van der Waals surface area contributed by atoms with Gasteiger partial charge in [0, 0.05) is 0 Å². The van der Waals surface area contributed by atoms with Crippen molar-refractivity contribution in [1.82, 2.24) is 0 Å². The molecule has 0 aliphatic rings. The summed E-state index contributed by atoms with van der Waals surface area (Å²) < 4.78 is 0. The molecule has 0 saturated carbocycles. The quantitative estimate of drug-likeness (QED) is 0.185. The zero-order valence-corrected chi connectivity index (χ0v) is 19.7. The lowest BCUT2D eigenvalue weighted by atomic mass is 9.95. The highest BCUT2D eigenvalue weighted by atomic mass is 16.4. The summed E-state index contributed by atoms with van der Waals surface area (Å²) in [4.78, 5) is 11.2. The van der Waals surface area contributed by atoms with Gasteiger partial charge in [0.1, 0.15) is 0 Å². The highest BCUT2D eigenvalue weighted by Crippen LogP contribution is 2.19. The van der Waals surface area contributed by atoms with Crippen LogP contribution in [0.5, 0.6) is 0 Å². The predicted octanol–water partition coefficient (Wildman–Crippen LogP) is 9.17. The Morgan fingerprint density at radius 3 is 1.21 bits per heavy atom. The Morgan fingerprint density at radius 2 is 0.893 bits per heavy atom. The third-order valence-electron chi connectivity index (χ3n) is 6.09. The summed E-state index contributed by atoms with van der Waals surface area (Å²) in [6, 6.07) is 0. The summed E-state index contributed by atoms with van der Waals surface area (Å²) in [5.74, 6) is 0.194. The number of hydrogen-bond donors (Lipinski definition) is 1. The molecule has 2 heteroatoms.